The number of rotatable bonds is 7. The number of carbonyl (C=O) groups excluding carboxylic acids is 2. The zero-order chi connectivity index (χ0) is 20.9. The second-order valence-electron chi connectivity index (χ2n) is 7.12. The van der Waals surface area contributed by atoms with Crippen LogP contribution in [0, 0.1) is 0 Å². The molecule has 0 unspecified atom stereocenters. The first-order valence-corrected chi connectivity index (χ1v) is 11.2. The number of piperidine rings is 1. The van der Waals surface area contributed by atoms with E-state index in [9.17, 15) is 18.0 Å². The zero-order valence-corrected chi connectivity index (χ0v) is 17.9. The highest BCUT2D eigenvalue weighted by atomic mass is 32.2. The predicted octanol–water partition coefficient (Wildman–Crippen LogP) is 2.66. The van der Waals surface area contributed by atoms with Crippen LogP contribution in [0.3, 0.4) is 0 Å². The molecular weight excluding hydrogens is 380 g/mol. The summed E-state index contributed by atoms with van der Waals surface area (Å²) in [5, 5.41) is 0. The van der Waals surface area contributed by atoms with E-state index in [0.717, 1.165) is 19.3 Å². The van der Waals surface area contributed by atoms with Crippen molar-refractivity contribution in [3.63, 3.8) is 0 Å². The molecule has 8 heteroatoms. The molecule has 0 N–H and O–H groups in total. The average Bonchev–Trinajstić information content (AvgIpc) is 2.66. The monoisotopic (exact) mass is 410 g/mol. The van der Waals surface area contributed by atoms with Crippen molar-refractivity contribution in [2.45, 2.75) is 63.9 Å². The lowest BCUT2D eigenvalue weighted by Crippen LogP contribution is -2.49. The van der Waals surface area contributed by atoms with E-state index in [1.54, 1.807) is 18.7 Å². The SMILES string of the molecule is CCN(CC)S(=O)(=O)c1ccc(C(=O)OCC(=O)N2[C@H](C)CCC[C@@H]2C)cc1. The highest BCUT2D eigenvalue weighted by molar-refractivity contribution is 7.89. The van der Waals surface area contributed by atoms with E-state index in [1.165, 1.54) is 28.6 Å². The van der Waals surface area contributed by atoms with Crippen molar-refractivity contribution in [3.8, 4) is 0 Å². The quantitative estimate of drug-likeness (QED) is 0.645. The van der Waals surface area contributed by atoms with Gasteiger partial charge in [-0.25, -0.2) is 13.2 Å². The van der Waals surface area contributed by atoms with E-state index in [-0.39, 0.29) is 35.1 Å². The van der Waals surface area contributed by atoms with Gasteiger partial charge < -0.3 is 9.64 Å². The lowest BCUT2D eigenvalue weighted by molar-refractivity contribution is -0.140. The number of likely N-dealkylation sites (tertiary alicyclic amines) is 1. The standard InChI is InChI=1S/C20H30N2O5S/c1-5-21(6-2)28(25,26)18-12-10-17(11-13-18)20(24)27-14-19(23)22-15(3)8-7-9-16(22)4/h10-13,15-16H,5-9,14H2,1-4H3/t15-,16+. The Hall–Kier alpha value is -1.93. The van der Waals surface area contributed by atoms with Gasteiger partial charge in [0.2, 0.25) is 10.0 Å². The topological polar surface area (TPSA) is 84.0 Å². The number of amides is 1. The summed E-state index contributed by atoms with van der Waals surface area (Å²) in [5.74, 6) is -0.841. The number of benzene rings is 1. The summed E-state index contributed by atoms with van der Waals surface area (Å²) in [6, 6.07) is 5.88. The molecule has 1 aromatic rings. The third-order valence-corrected chi connectivity index (χ3v) is 7.31. The molecule has 1 amide bonds. The Morgan fingerprint density at radius 1 is 1.07 bits per heavy atom. The lowest BCUT2D eigenvalue weighted by atomic mass is 9.97. The third kappa shape index (κ3) is 4.91. The Kier molecular flexibility index (Phi) is 7.60. The van der Waals surface area contributed by atoms with Crippen LogP contribution in [0.1, 0.15) is 57.3 Å². The number of hydrogen-bond donors (Lipinski definition) is 0. The fourth-order valence-corrected chi connectivity index (χ4v) is 5.13. The number of nitrogens with zero attached hydrogens (tertiary/aromatic N) is 2. The van der Waals surface area contributed by atoms with Gasteiger partial charge in [0.25, 0.3) is 5.91 Å². The second kappa shape index (κ2) is 9.52. The minimum absolute atomic E-state index is 0.125. The number of carbonyl (C=O) groups is 2. The zero-order valence-electron chi connectivity index (χ0n) is 17.1. The van der Waals surface area contributed by atoms with Crippen molar-refractivity contribution in [1.29, 1.82) is 0 Å². The highest BCUT2D eigenvalue weighted by Crippen LogP contribution is 2.22. The van der Waals surface area contributed by atoms with Gasteiger partial charge in [0.05, 0.1) is 10.5 Å². The highest BCUT2D eigenvalue weighted by Gasteiger charge is 2.29. The molecule has 156 valence electrons. The summed E-state index contributed by atoms with van der Waals surface area (Å²) < 4.78 is 31.5. The van der Waals surface area contributed by atoms with Crippen LogP contribution in [-0.4, -0.2) is 61.3 Å². The second-order valence-corrected chi connectivity index (χ2v) is 9.06. The lowest BCUT2D eigenvalue weighted by Gasteiger charge is -2.38. The van der Waals surface area contributed by atoms with Crippen molar-refractivity contribution in [2.75, 3.05) is 19.7 Å². The van der Waals surface area contributed by atoms with Crippen LogP contribution < -0.4 is 0 Å². The number of sulfonamides is 1. The number of hydrogen-bond acceptors (Lipinski definition) is 5. The van der Waals surface area contributed by atoms with Gasteiger partial charge in [-0.05, 0) is 57.4 Å². The summed E-state index contributed by atoms with van der Waals surface area (Å²) in [6.45, 7) is 7.99. The summed E-state index contributed by atoms with van der Waals surface area (Å²) in [4.78, 5) is 26.6. The molecule has 2 atom stereocenters. The fourth-order valence-electron chi connectivity index (χ4n) is 3.67. The van der Waals surface area contributed by atoms with Gasteiger partial charge >= 0.3 is 5.97 Å². The molecule has 0 aromatic heterocycles. The van der Waals surface area contributed by atoms with Crippen molar-refractivity contribution < 1.29 is 22.7 Å². The Morgan fingerprint density at radius 2 is 1.61 bits per heavy atom. The van der Waals surface area contributed by atoms with Crippen LogP contribution in [0.2, 0.25) is 0 Å². The Balaban J connectivity index is 2.00. The van der Waals surface area contributed by atoms with Gasteiger partial charge in [-0.2, -0.15) is 4.31 Å². The van der Waals surface area contributed by atoms with Crippen LogP contribution in [0.25, 0.3) is 0 Å². The first-order valence-electron chi connectivity index (χ1n) is 9.80. The van der Waals surface area contributed by atoms with Crippen LogP contribution >= 0.6 is 0 Å². The van der Waals surface area contributed by atoms with E-state index in [0.29, 0.717) is 13.1 Å². The molecular formula is C20H30N2O5S. The Labute approximate surface area is 167 Å². The van der Waals surface area contributed by atoms with Crippen LogP contribution in [0.4, 0.5) is 0 Å². The maximum Gasteiger partial charge on any atom is 0.338 e. The molecule has 2 rings (SSSR count). The number of ether oxygens (including phenoxy) is 1. The first-order chi connectivity index (χ1) is 13.2. The smallest absolute Gasteiger partial charge is 0.338 e. The Morgan fingerprint density at radius 3 is 2.11 bits per heavy atom. The van der Waals surface area contributed by atoms with Crippen molar-refractivity contribution in [3.05, 3.63) is 29.8 Å². The van der Waals surface area contributed by atoms with Crippen LogP contribution in [0.5, 0.6) is 0 Å². The summed E-state index contributed by atoms with van der Waals surface area (Å²) in [7, 11) is -3.58. The normalized spacial score (nSPS) is 20.2. The maximum atomic E-state index is 12.5. The molecule has 0 saturated carbocycles. The molecule has 1 aliphatic heterocycles. The fraction of sp³-hybridized carbons (Fsp3) is 0.600. The molecule has 0 radical (unpaired) electrons. The Bertz CT molecular complexity index is 777. The van der Waals surface area contributed by atoms with Gasteiger partial charge in [0, 0.05) is 25.2 Å². The van der Waals surface area contributed by atoms with E-state index < -0.39 is 16.0 Å². The minimum Gasteiger partial charge on any atom is -0.452 e. The van der Waals surface area contributed by atoms with E-state index in [2.05, 4.69) is 0 Å². The molecule has 7 nitrogen and oxygen atoms in total. The first kappa shape index (κ1) is 22.4. The van der Waals surface area contributed by atoms with E-state index in [1.807, 2.05) is 13.8 Å². The summed E-state index contributed by atoms with van der Waals surface area (Å²) >= 11 is 0. The van der Waals surface area contributed by atoms with E-state index in [4.69, 9.17) is 4.74 Å². The molecule has 0 aliphatic carbocycles. The van der Waals surface area contributed by atoms with Crippen LogP contribution in [0.15, 0.2) is 29.2 Å². The van der Waals surface area contributed by atoms with Gasteiger partial charge in [0.1, 0.15) is 0 Å². The van der Waals surface area contributed by atoms with Crippen molar-refractivity contribution in [2.24, 2.45) is 0 Å². The predicted molar refractivity (Wildman–Crippen MR) is 106 cm³/mol. The summed E-state index contributed by atoms with van der Waals surface area (Å²) in [6.07, 6.45) is 2.99. The largest absolute Gasteiger partial charge is 0.452 e. The molecule has 1 aliphatic rings. The molecule has 28 heavy (non-hydrogen) atoms. The minimum atomic E-state index is -3.58. The van der Waals surface area contributed by atoms with Crippen LogP contribution in [-0.2, 0) is 19.6 Å². The van der Waals surface area contributed by atoms with Crippen molar-refractivity contribution in [1.82, 2.24) is 9.21 Å². The molecule has 0 spiro atoms. The van der Waals surface area contributed by atoms with Gasteiger partial charge in [0.15, 0.2) is 6.61 Å². The van der Waals surface area contributed by atoms with Gasteiger partial charge in [-0.3, -0.25) is 4.79 Å². The van der Waals surface area contributed by atoms with E-state index >= 15 is 0 Å². The average molecular weight is 411 g/mol. The maximum absolute atomic E-state index is 12.5. The van der Waals surface area contributed by atoms with Crippen molar-refractivity contribution >= 4 is 21.9 Å². The molecule has 1 saturated heterocycles. The molecule has 1 aromatic carbocycles. The molecule has 1 heterocycles. The number of esters is 1. The van der Waals surface area contributed by atoms with Gasteiger partial charge in [-0.1, -0.05) is 13.8 Å². The third-order valence-electron chi connectivity index (χ3n) is 5.24. The molecule has 0 bridgehead atoms. The van der Waals surface area contributed by atoms with Gasteiger partial charge in [-0.15, -0.1) is 0 Å². The summed E-state index contributed by atoms with van der Waals surface area (Å²) in [5.41, 5.74) is 0.214. The molecule has 1 fully saturated rings.